The molecule has 0 bridgehead atoms. The first-order valence-corrected chi connectivity index (χ1v) is 23.5. The average molecular weight is 937 g/mol. The predicted octanol–water partition coefficient (Wildman–Crippen LogP) is 8.47. The maximum absolute atomic E-state index is 14.1. The molecule has 2 aliphatic rings. The highest BCUT2D eigenvalue weighted by atomic mass is 35.5. The molecule has 0 unspecified atom stereocenters. The summed E-state index contributed by atoms with van der Waals surface area (Å²) in [6.07, 6.45) is 4.26. The van der Waals surface area contributed by atoms with Gasteiger partial charge < -0.3 is 40.1 Å². The van der Waals surface area contributed by atoms with Crippen LogP contribution >= 0.6 is 11.6 Å². The third-order valence-corrected chi connectivity index (χ3v) is 13.4. The molecule has 0 radical (unpaired) electrons. The van der Waals surface area contributed by atoms with Gasteiger partial charge in [0.1, 0.15) is 36.6 Å². The van der Waals surface area contributed by atoms with Gasteiger partial charge in [-0.05, 0) is 85.9 Å². The van der Waals surface area contributed by atoms with Crippen LogP contribution in [0.25, 0.3) is 11.3 Å². The van der Waals surface area contributed by atoms with E-state index in [0.717, 1.165) is 48.3 Å². The smallest absolute Gasteiger partial charge is 0.251 e. The molecule has 4 aromatic rings. The van der Waals surface area contributed by atoms with Crippen LogP contribution in [0.4, 0.5) is 5.69 Å². The molecule has 14 nitrogen and oxygen atoms in total. The summed E-state index contributed by atoms with van der Waals surface area (Å²) in [5.74, 6) is 0.369. The fourth-order valence-corrected chi connectivity index (χ4v) is 9.88. The molecule has 3 aromatic carbocycles. The van der Waals surface area contributed by atoms with Crippen molar-refractivity contribution in [2.75, 3.05) is 31.6 Å². The van der Waals surface area contributed by atoms with Crippen LogP contribution in [0.2, 0.25) is 5.02 Å². The number of amides is 4. The lowest BCUT2D eigenvalue weighted by molar-refractivity contribution is -0.164. The molecule has 4 amide bonds. The topological polar surface area (TPSA) is 188 Å². The zero-order valence-electron chi connectivity index (χ0n) is 40.3. The monoisotopic (exact) mass is 935 g/mol. The second-order valence-corrected chi connectivity index (χ2v) is 20.7. The third kappa shape index (κ3) is 12.2. The molecule has 4 N–H and O–H groups in total. The highest BCUT2D eigenvalue weighted by Crippen LogP contribution is 2.55. The Balaban J connectivity index is 0.878. The number of unbranched alkanes of at least 4 members (excludes halogenated alkanes) is 2. The number of aromatic nitrogens is 1. The minimum atomic E-state index is -0.844. The maximum atomic E-state index is 14.1. The van der Waals surface area contributed by atoms with Crippen molar-refractivity contribution >= 4 is 40.9 Å². The Kier molecular flexibility index (Phi) is 16.1. The summed E-state index contributed by atoms with van der Waals surface area (Å²) in [4.78, 5) is 59.9. The number of nitriles is 1. The molecule has 358 valence electrons. The molecule has 1 aliphatic heterocycles. The van der Waals surface area contributed by atoms with Crippen LogP contribution in [0.1, 0.15) is 108 Å². The largest absolute Gasteiger partial charge is 0.489 e. The normalized spacial score (nSPS) is 19.9. The second kappa shape index (κ2) is 21.4. The number of halogens is 1. The number of likely N-dealkylation sites (tertiary alicyclic amines) is 1. The highest BCUT2D eigenvalue weighted by Gasteiger charge is 2.64. The summed E-state index contributed by atoms with van der Waals surface area (Å²) >= 11 is 6.24. The molecule has 67 heavy (non-hydrogen) atoms. The van der Waals surface area contributed by atoms with Gasteiger partial charge in [-0.1, -0.05) is 91.3 Å². The van der Waals surface area contributed by atoms with Crippen LogP contribution in [-0.2, 0) is 25.7 Å². The first kappa shape index (κ1) is 50.5. The summed E-state index contributed by atoms with van der Waals surface area (Å²) in [5, 5.41) is 22.1. The fourth-order valence-electron chi connectivity index (χ4n) is 9.67. The fraction of sp³-hybridized carbons (Fsp3) is 0.500. The Bertz CT molecular complexity index is 2400. The van der Waals surface area contributed by atoms with Gasteiger partial charge in [-0.3, -0.25) is 19.2 Å². The van der Waals surface area contributed by atoms with E-state index in [0.29, 0.717) is 53.8 Å². The molecule has 0 spiro atoms. The molecule has 3 atom stereocenters. The molecule has 2 fully saturated rings. The van der Waals surface area contributed by atoms with E-state index < -0.39 is 17.5 Å². The van der Waals surface area contributed by atoms with Crippen molar-refractivity contribution < 1.29 is 33.1 Å². The van der Waals surface area contributed by atoms with E-state index >= 15 is 0 Å². The number of carbonyl (C=O) groups is 4. The van der Waals surface area contributed by atoms with Gasteiger partial charge in [0.15, 0.2) is 12.2 Å². The van der Waals surface area contributed by atoms with Crippen molar-refractivity contribution in [2.45, 2.75) is 119 Å². The molecule has 1 aliphatic carbocycles. The quantitative estimate of drug-likeness (QED) is 0.0665. The Hall–Kier alpha value is -5.91. The maximum Gasteiger partial charge on any atom is 0.251 e. The van der Waals surface area contributed by atoms with Crippen LogP contribution < -0.4 is 26.0 Å². The van der Waals surface area contributed by atoms with Gasteiger partial charge in [-0.15, -0.1) is 0 Å². The lowest BCUT2D eigenvalue weighted by Crippen LogP contribution is -2.74. The van der Waals surface area contributed by atoms with Gasteiger partial charge in [0.25, 0.3) is 5.91 Å². The van der Waals surface area contributed by atoms with E-state index in [2.05, 4.69) is 60.0 Å². The van der Waals surface area contributed by atoms with E-state index in [1.54, 1.807) is 23.1 Å². The molecule has 1 saturated heterocycles. The number of hydrogen-bond acceptors (Lipinski definition) is 10. The number of carbonyl (C=O) groups excluding carboxylic acids is 4. The Morgan fingerprint density at radius 3 is 2.31 bits per heavy atom. The number of ether oxygens (including phenoxy) is 2. The number of aryl methyl sites for hydroxylation is 1. The van der Waals surface area contributed by atoms with Crippen molar-refractivity contribution in [3.8, 4) is 23.1 Å². The Labute approximate surface area is 399 Å². The SMILES string of the molecule is Cc1ncoc1-c1ccc(CNC(=O)[C@@H]2C[C@@H](C)CN2C(=O)[C@@H](NC(=O)COCCCCCNc2ccc(C(=O)NC3C(C)(C)C(Oc4ccc(C#N)c(Cl)c4)C3(C)C)cc2)C(C)(C)C)cc1. The molecular weight excluding hydrogens is 870 g/mol. The first-order chi connectivity index (χ1) is 31.7. The zero-order chi connectivity index (χ0) is 48.7. The molecular formula is C52H66ClN7O7. The van der Waals surface area contributed by atoms with Gasteiger partial charge in [0.05, 0.1) is 16.3 Å². The summed E-state index contributed by atoms with van der Waals surface area (Å²) in [7, 11) is 0. The average Bonchev–Trinajstić information content (AvgIpc) is 3.91. The van der Waals surface area contributed by atoms with Crippen LogP contribution in [0.3, 0.4) is 0 Å². The third-order valence-electron chi connectivity index (χ3n) is 13.0. The minimum Gasteiger partial charge on any atom is -0.489 e. The van der Waals surface area contributed by atoms with Gasteiger partial charge in [-0.2, -0.15) is 5.26 Å². The van der Waals surface area contributed by atoms with Gasteiger partial charge in [0, 0.05) is 66.0 Å². The van der Waals surface area contributed by atoms with Gasteiger partial charge in [-0.25, -0.2) is 4.98 Å². The van der Waals surface area contributed by atoms with E-state index in [-0.39, 0.29) is 59.1 Å². The van der Waals surface area contributed by atoms with E-state index in [4.69, 9.17) is 25.5 Å². The predicted molar refractivity (Wildman–Crippen MR) is 258 cm³/mol. The number of hydrogen-bond donors (Lipinski definition) is 4. The zero-order valence-corrected chi connectivity index (χ0v) is 41.0. The highest BCUT2D eigenvalue weighted by molar-refractivity contribution is 6.31. The Morgan fingerprint density at radius 1 is 0.985 bits per heavy atom. The van der Waals surface area contributed by atoms with E-state index in [1.165, 1.54) is 6.39 Å². The first-order valence-electron chi connectivity index (χ1n) is 23.2. The van der Waals surface area contributed by atoms with Gasteiger partial charge >= 0.3 is 0 Å². The summed E-state index contributed by atoms with van der Waals surface area (Å²) in [5.41, 5.74) is 3.12. The molecule has 6 rings (SSSR count). The van der Waals surface area contributed by atoms with Crippen molar-refractivity contribution in [1.29, 1.82) is 5.26 Å². The molecule has 15 heteroatoms. The van der Waals surface area contributed by atoms with Crippen LogP contribution in [0.5, 0.6) is 5.75 Å². The van der Waals surface area contributed by atoms with Crippen LogP contribution in [0, 0.1) is 40.4 Å². The molecule has 2 heterocycles. The van der Waals surface area contributed by atoms with E-state index in [1.807, 2.05) is 83.1 Å². The van der Waals surface area contributed by atoms with Crippen LogP contribution in [-0.4, -0.2) is 84.0 Å². The molecule has 1 saturated carbocycles. The standard InChI is InChI=1S/C52H66ClN7O7/c1-32-25-41(46(63)56-28-34-13-15-35(16-14-34)43-33(2)57-31-66-43)60(29-32)47(64)44(50(3,4)5)58-42(61)30-65-24-12-10-11-23-55-38-20-17-36(18-21-38)45(62)59-48-51(6,7)49(52(48,8)9)67-39-22-19-37(27-54)40(53)26-39/h13-22,26,31-32,41,44,48-49,55H,10-12,23-25,28-30H2,1-9H3,(H,56,63)(H,58,61)(H,59,62)/t32-,41+,44-,48?,49?/m1/s1. The van der Waals surface area contributed by atoms with Crippen molar-refractivity contribution in [1.82, 2.24) is 25.8 Å². The van der Waals surface area contributed by atoms with Crippen LogP contribution in [0.15, 0.2) is 77.5 Å². The number of benzene rings is 3. The minimum absolute atomic E-state index is 0.122. The number of nitrogens with one attached hydrogen (secondary N) is 4. The van der Waals surface area contributed by atoms with Crippen molar-refractivity contribution in [3.05, 3.63) is 101 Å². The summed E-state index contributed by atoms with van der Waals surface area (Å²) in [6.45, 7) is 19.6. The van der Waals surface area contributed by atoms with Gasteiger partial charge in [0.2, 0.25) is 17.7 Å². The lowest BCUT2D eigenvalue weighted by atomic mass is 9.49. The van der Waals surface area contributed by atoms with Crippen molar-refractivity contribution in [2.24, 2.45) is 22.2 Å². The molecule has 1 aromatic heterocycles. The lowest BCUT2D eigenvalue weighted by Gasteiger charge is -2.63. The number of anilines is 1. The number of oxazole rings is 1. The number of rotatable bonds is 19. The summed E-state index contributed by atoms with van der Waals surface area (Å²) in [6, 6.07) is 20.6. The second-order valence-electron chi connectivity index (χ2n) is 20.3. The van der Waals surface area contributed by atoms with Crippen molar-refractivity contribution in [3.63, 3.8) is 0 Å². The van der Waals surface area contributed by atoms with E-state index in [9.17, 15) is 24.4 Å². The number of nitrogens with zero attached hydrogens (tertiary/aromatic N) is 3. The summed E-state index contributed by atoms with van der Waals surface area (Å²) < 4.78 is 17.6. The Morgan fingerprint density at radius 2 is 1.69 bits per heavy atom.